The number of aliphatic imine (C=N–C) groups is 1. The lowest BCUT2D eigenvalue weighted by Crippen LogP contribution is -2.10. The SMILES string of the molecule is C[C@@H]1COC(N)=N1. The van der Waals surface area contributed by atoms with E-state index in [2.05, 4.69) is 4.99 Å². The predicted molar refractivity (Wildman–Crippen MR) is 27.0 cm³/mol. The van der Waals surface area contributed by atoms with Gasteiger partial charge in [-0.05, 0) is 6.92 Å². The van der Waals surface area contributed by atoms with E-state index in [4.69, 9.17) is 10.5 Å². The lowest BCUT2D eigenvalue weighted by molar-refractivity contribution is 0.319. The third-order valence-electron chi connectivity index (χ3n) is 0.820. The van der Waals surface area contributed by atoms with Crippen LogP contribution in [0.5, 0.6) is 0 Å². The molecule has 1 heterocycles. The zero-order valence-corrected chi connectivity index (χ0v) is 4.22. The molecular weight excluding hydrogens is 92.1 g/mol. The fraction of sp³-hybridized carbons (Fsp3) is 0.750. The van der Waals surface area contributed by atoms with E-state index in [1.165, 1.54) is 0 Å². The zero-order valence-electron chi connectivity index (χ0n) is 4.22. The van der Waals surface area contributed by atoms with E-state index < -0.39 is 0 Å². The Kier molecular flexibility index (Phi) is 0.889. The minimum Gasteiger partial charge on any atom is -0.463 e. The van der Waals surface area contributed by atoms with E-state index in [0.29, 0.717) is 12.6 Å². The van der Waals surface area contributed by atoms with E-state index in [0.717, 1.165) is 0 Å². The normalized spacial score (nSPS) is 29.3. The second-order valence-corrected chi connectivity index (χ2v) is 1.63. The van der Waals surface area contributed by atoms with Gasteiger partial charge < -0.3 is 10.5 Å². The van der Waals surface area contributed by atoms with Gasteiger partial charge in [-0.3, -0.25) is 0 Å². The molecule has 0 saturated heterocycles. The molecule has 0 unspecified atom stereocenters. The molecule has 0 amide bonds. The molecule has 2 N–H and O–H groups in total. The molecule has 3 nitrogen and oxygen atoms in total. The Morgan fingerprint density at radius 2 is 2.71 bits per heavy atom. The van der Waals surface area contributed by atoms with Gasteiger partial charge in [0, 0.05) is 0 Å². The van der Waals surface area contributed by atoms with Crippen molar-refractivity contribution in [3.63, 3.8) is 0 Å². The molecule has 0 radical (unpaired) electrons. The maximum absolute atomic E-state index is 5.15. The van der Waals surface area contributed by atoms with Gasteiger partial charge in [-0.2, -0.15) is 0 Å². The number of hydrogen-bond acceptors (Lipinski definition) is 3. The molecule has 1 aliphatic rings. The summed E-state index contributed by atoms with van der Waals surface area (Å²) in [6, 6.07) is 0.590. The van der Waals surface area contributed by atoms with Crippen molar-refractivity contribution in [2.24, 2.45) is 10.7 Å². The molecule has 0 aromatic carbocycles. The number of nitrogens with zero attached hydrogens (tertiary/aromatic N) is 1. The van der Waals surface area contributed by atoms with Gasteiger partial charge in [0.15, 0.2) is 0 Å². The largest absolute Gasteiger partial charge is 0.463 e. The first-order chi connectivity index (χ1) is 3.29. The highest BCUT2D eigenvalue weighted by Crippen LogP contribution is 1.97. The van der Waals surface area contributed by atoms with Crippen molar-refractivity contribution in [3.8, 4) is 0 Å². The minimum absolute atomic E-state index is 0.264. The zero-order chi connectivity index (χ0) is 5.28. The molecule has 40 valence electrons. The first kappa shape index (κ1) is 4.43. The first-order valence-corrected chi connectivity index (χ1v) is 2.25. The highest BCUT2D eigenvalue weighted by atomic mass is 16.5. The third-order valence-corrected chi connectivity index (χ3v) is 0.820. The van der Waals surface area contributed by atoms with Crippen molar-refractivity contribution in [3.05, 3.63) is 0 Å². The predicted octanol–water partition coefficient (Wildman–Crippen LogP) is -0.280. The standard InChI is InChI=1S/C4H8N2O/c1-3-2-7-4(5)6-3/h3H,2H2,1H3,(H2,5,6)/t3-/m1/s1. The molecule has 1 aliphatic heterocycles. The second-order valence-electron chi connectivity index (χ2n) is 1.63. The molecule has 0 aliphatic carbocycles. The maximum Gasteiger partial charge on any atom is 0.282 e. The van der Waals surface area contributed by atoms with E-state index in [9.17, 15) is 0 Å². The number of rotatable bonds is 0. The van der Waals surface area contributed by atoms with E-state index in [1.54, 1.807) is 0 Å². The fourth-order valence-electron chi connectivity index (χ4n) is 0.498. The molecule has 0 aromatic heterocycles. The van der Waals surface area contributed by atoms with Crippen LogP contribution < -0.4 is 5.73 Å². The van der Waals surface area contributed by atoms with Crippen LogP contribution in [0.2, 0.25) is 0 Å². The highest BCUT2D eigenvalue weighted by molar-refractivity contribution is 5.72. The summed E-state index contributed by atoms with van der Waals surface area (Å²) in [5, 5.41) is 0. The Morgan fingerprint density at radius 1 is 2.00 bits per heavy atom. The molecule has 7 heavy (non-hydrogen) atoms. The van der Waals surface area contributed by atoms with Crippen molar-refractivity contribution in [1.29, 1.82) is 0 Å². The van der Waals surface area contributed by atoms with Gasteiger partial charge >= 0.3 is 0 Å². The van der Waals surface area contributed by atoms with Gasteiger partial charge in [0.1, 0.15) is 6.61 Å². The van der Waals surface area contributed by atoms with Gasteiger partial charge in [-0.1, -0.05) is 0 Å². The average molecular weight is 100 g/mol. The number of amidine groups is 1. The summed E-state index contributed by atoms with van der Waals surface area (Å²) in [4.78, 5) is 3.86. The van der Waals surface area contributed by atoms with Gasteiger partial charge in [-0.25, -0.2) is 4.99 Å². The van der Waals surface area contributed by atoms with Crippen LogP contribution in [0.3, 0.4) is 0 Å². The van der Waals surface area contributed by atoms with Gasteiger partial charge in [-0.15, -0.1) is 0 Å². The van der Waals surface area contributed by atoms with Crippen LogP contribution in [0.1, 0.15) is 6.92 Å². The van der Waals surface area contributed by atoms with Crippen molar-refractivity contribution in [2.45, 2.75) is 13.0 Å². The molecule has 1 rings (SSSR count). The van der Waals surface area contributed by atoms with Crippen LogP contribution >= 0.6 is 0 Å². The molecule has 0 saturated carbocycles. The van der Waals surface area contributed by atoms with E-state index in [-0.39, 0.29) is 6.04 Å². The summed E-state index contributed by atoms with van der Waals surface area (Å²) in [5.74, 6) is 0. The van der Waals surface area contributed by atoms with Crippen molar-refractivity contribution in [1.82, 2.24) is 0 Å². The Hall–Kier alpha value is -0.730. The van der Waals surface area contributed by atoms with Gasteiger partial charge in [0.25, 0.3) is 6.02 Å². The second kappa shape index (κ2) is 1.40. The summed E-state index contributed by atoms with van der Waals surface area (Å²) in [7, 11) is 0. The third kappa shape index (κ3) is 0.824. The molecule has 0 fully saturated rings. The highest BCUT2D eigenvalue weighted by Gasteiger charge is 2.08. The van der Waals surface area contributed by atoms with E-state index >= 15 is 0 Å². The summed E-state index contributed by atoms with van der Waals surface area (Å²) < 4.78 is 4.79. The van der Waals surface area contributed by atoms with Crippen molar-refractivity contribution >= 4 is 6.02 Å². The van der Waals surface area contributed by atoms with Crippen molar-refractivity contribution in [2.75, 3.05) is 6.61 Å². The Balaban J connectivity index is 2.50. The Labute approximate surface area is 42.2 Å². The first-order valence-electron chi connectivity index (χ1n) is 2.25. The van der Waals surface area contributed by atoms with Crippen LogP contribution in [-0.4, -0.2) is 18.7 Å². The fourth-order valence-corrected chi connectivity index (χ4v) is 0.498. The molecule has 1 atom stereocenters. The molecular formula is C4H8N2O. The van der Waals surface area contributed by atoms with E-state index in [1.807, 2.05) is 6.92 Å². The number of hydrogen-bond donors (Lipinski definition) is 1. The lowest BCUT2D eigenvalue weighted by atomic mass is 10.4. The topological polar surface area (TPSA) is 47.6 Å². The number of ether oxygens (including phenoxy) is 1. The lowest BCUT2D eigenvalue weighted by Gasteiger charge is -1.89. The summed E-state index contributed by atoms with van der Waals surface area (Å²) in [6.45, 7) is 2.60. The molecule has 3 heteroatoms. The van der Waals surface area contributed by atoms with Crippen LogP contribution in [0.15, 0.2) is 4.99 Å². The van der Waals surface area contributed by atoms with Crippen molar-refractivity contribution < 1.29 is 4.74 Å². The quantitative estimate of drug-likeness (QED) is 0.455. The van der Waals surface area contributed by atoms with Crippen LogP contribution in [0, 0.1) is 0 Å². The van der Waals surface area contributed by atoms with Crippen LogP contribution in [0.25, 0.3) is 0 Å². The smallest absolute Gasteiger partial charge is 0.282 e. The average Bonchev–Trinajstić information content (AvgIpc) is 1.87. The summed E-state index contributed by atoms with van der Waals surface area (Å²) >= 11 is 0. The minimum atomic E-state index is 0.264. The van der Waals surface area contributed by atoms with Gasteiger partial charge in [0.2, 0.25) is 0 Å². The monoisotopic (exact) mass is 100 g/mol. The Bertz CT molecular complexity index is 99.9. The maximum atomic E-state index is 5.15. The molecule has 0 aromatic rings. The van der Waals surface area contributed by atoms with Gasteiger partial charge in [0.05, 0.1) is 6.04 Å². The van der Waals surface area contributed by atoms with Crippen LogP contribution in [-0.2, 0) is 4.74 Å². The molecule has 0 spiro atoms. The van der Waals surface area contributed by atoms with Crippen LogP contribution in [0.4, 0.5) is 0 Å². The number of nitrogens with two attached hydrogens (primary N) is 1. The molecule has 0 bridgehead atoms. The Morgan fingerprint density at radius 3 is 2.86 bits per heavy atom. The summed E-state index contributed by atoms with van der Waals surface area (Å²) in [6.07, 6.45) is 0. The summed E-state index contributed by atoms with van der Waals surface area (Å²) in [5.41, 5.74) is 5.15.